The molecule has 2 aliphatic rings. The number of carbonyl (C=O) groups is 5. The zero-order valence-electron chi connectivity index (χ0n) is 25.1. The maximum atomic E-state index is 11.4. The quantitative estimate of drug-likeness (QED) is 0.196. The van der Waals surface area contributed by atoms with Gasteiger partial charge in [0.25, 0.3) is 0 Å². The van der Waals surface area contributed by atoms with Gasteiger partial charge in [-0.3, -0.25) is 4.79 Å². The van der Waals surface area contributed by atoms with Crippen LogP contribution in [-0.2, 0) is 24.0 Å². The molecule has 5 N–H and O–H groups in total. The lowest BCUT2D eigenvalue weighted by molar-refractivity contribution is -0.134. The second-order valence-corrected chi connectivity index (χ2v) is 11.3. The highest BCUT2D eigenvalue weighted by Gasteiger charge is 2.21. The highest BCUT2D eigenvalue weighted by atomic mass is 35.5. The number of piperazine rings is 1. The van der Waals surface area contributed by atoms with E-state index >= 15 is 0 Å². The Morgan fingerprint density at radius 3 is 1.78 bits per heavy atom. The van der Waals surface area contributed by atoms with Crippen molar-refractivity contribution in [3.8, 4) is 0 Å². The van der Waals surface area contributed by atoms with Gasteiger partial charge < -0.3 is 35.5 Å². The van der Waals surface area contributed by atoms with Crippen LogP contribution in [0.2, 0.25) is 5.02 Å². The van der Waals surface area contributed by atoms with E-state index in [1.807, 2.05) is 17.8 Å². The third-order valence-corrected chi connectivity index (χ3v) is 7.95. The van der Waals surface area contributed by atoms with E-state index in [1.165, 1.54) is 26.5 Å². The molecular weight excluding hydrogens is 638 g/mol. The molecule has 46 heavy (non-hydrogen) atoms. The second-order valence-electron chi connectivity index (χ2n) is 9.77. The fourth-order valence-electron chi connectivity index (χ4n) is 4.36. The molecular formula is C32H36ClN3O9S. The van der Waals surface area contributed by atoms with Crippen LogP contribution < -0.4 is 5.32 Å². The molecule has 0 saturated carbocycles. The normalized spacial score (nSPS) is 15.1. The minimum absolute atomic E-state index is 0.121. The minimum atomic E-state index is -1.26. The molecule has 4 rings (SSSR count). The van der Waals surface area contributed by atoms with Crippen molar-refractivity contribution in [3.05, 3.63) is 89.0 Å². The molecule has 0 aliphatic carbocycles. The molecule has 0 unspecified atom stereocenters. The van der Waals surface area contributed by atoms with Gasteiger partial charge in [-0.15, -0.1) is 0 Å². The van der Waals surface area contributed by atoms with Gasteiger partial charge in [-0.05, 0) is 47.4 Å². The van der Waals surface area contributed by atoms with E-state index in [2.05, 4.69) is 57.6 Å². The lowest BCUT2D eigenvalue weighted by Gasteiger charge is -2.34. The number of carboxylic acid groups (broad SMARTS) is 4. The van der Waals surface area contributed by atoms with Crippen LogP contribution in [0, 0.1) is 0 Å². The van der Waals surface area contributed by atoms with Crippen LogP contribution in [-0.4, -0.2) is 106 Å². The average Bonchev–Trinajstić information content (AvgIpc) is 3.02. The topological polar surface area (TPSA) is 185 Å². The molecule has 0 spiro atoms. The fraction of sp³-hybridized carbons (Fsp3) is 0.281. The number of benzene rings is 2. The van der Waals surface area contributed by atoms with Crippen LogP contribution in [0.25, 0.3) is 5.57 Å². The number of halogens is 1. The number of nitrogens with one attached hydrogen (secondary N) is 1. The van der Waals surface area contributed by atoms with Gasteiger partial charge in [0.05, 0.1) is 0 Å². The lowest BCUT2D eigenvalue weighted by atomic mass is 9.96. The summed E-state index contributed by atoms with van der Waals surface area (Å²) in [5.74, 6) is -4.91. The summed E-state index contributed by atoms with van der Waals surface area (Å²) >= 11 is 8.14. The van der Waals surface area contributed by atoms with Crippen LogP contribution in [0.3, 0.4) is 0 Å². The molecule has 0 bridgehead atoms. The Bertz CT molecular complexity index is 1420. The maximum Gasteiger partial charge on any atom is 0.328 e. The Morgan fingerprint density at radius 2 is 1.26 bits per heavy atom. The summed E-state index contributed by atoms with van der Waals surface area (Å²) in [6, 6.07) is 14.8. The first-order valence-electron chi connectivity index (χ1n) is 14.1. The zero-order valence-corrected chi connectivity index (χ0v) is 26.7. The number of rotatable bonds is 10. The van der Waals surface area contributed by atoms with Crippen molar-refractivity contribution in [3.63, 3.8) is 0 Å². The molecule has 0 atom stereocenters. The third-order valence-electron chi connectivity index (χ3n) is 6.56. The van der Waals surface area contributed by atoms with Gasteiger partial charge in [0.1, 0.15) is 0 Å². The zero-order chi connectivity index (χ0) is 34.1. The lowest BCUT2D eigenvalue weighted by Crippen LogP contribution is -2.47. The summed E-state index contributed by atoms with van der Waals surface area (Å²) in [5, 5.41) is 34.7. The van der Waals surface area contributed by atoms with Crippen LogP contribution in [0.5, 0.6) is 0 Å². The van der Waals surface area contributed by atoms with E-state index < -0.39 is 23.9 Å². The van der Waals surface area contributed by atoms with E-state index in [9.17, 15) is 24.0 Å². The maximum absolute atomic E-state index is 11.4. The van der Waals surface area contributed by atoms with Gasteiger partial charge in [-0.2, -0.15) is 0 Å². The highest BCUT2D eigenvalue weighted by Crippen LogP contribution is 2.46. The van der Waals surface area contributed by atoms with E-state index in [-0.39, 0.29) is 5.91 Å². The number of fused-ring (bicyclic) bond motifs is 2. The number of carbonyl (C=O) groups excluding carboxylic acids is 1. The minimum Gasteiger partial charge on any atom is -0.478 e. The molecule has 12 nitrogen and oxygen atoms in total. The van der Waals surface area contributed by atoms with Crippen LogP contribution >= 0.6 is 23.4 Å². The van der Waals surface area contributed by atoms with Crippen molar-refractivity contribution >= 4 is 58.7 Å². The van der Waals surface area contributed by atoms with Crippen molar-refractivity contribution < 1.29 is 44.4 Å². The number of hydrogen-bond donors (Lipinski definition) is 5. The van der Waals surface area contributed by atoms with Crippen molar-refractivity contribution in [2.75, 3.05) is 46.3 Å². The summed E-state index contributed by atoms with van der Waals surface area (Å²) in [6.45, 7) is 6.09. The second kappa shape index (κ2) is 19.9. The van der Waals surface area contributed by atoms with Gasteiger partial charge in [-0.1, -0.05) is 47.6 Å². The van der Waals surface area contributed by atoms with Crippen LogP contribution in [0.4, 0.5) is 0 Å². The number of nitrogens with zero attached hydrogens (tertiary/aromatic N) is 2. The Kier molecular flexibility index (Phi) is 16.3. The Labute approximate surface area is 275 Å². The molecule has 0 radical (unpaired) electrons. The van der Waals surface area contributed by atoms with Gasteiger partial charge in [0.15, 0.2) is 0 Å². The Hall–Kier alpha value is -4.43. The van der Waals surface area contributed by atoms with Crippen LogP contribution in [0.15, 0.2) is 82.6 Å². The van der Waals surface area contributed by atoms with E-state index in [4.69, 9.17) is 32.0 Å². The summed E-state index contributed by atoms with van der Waals surface area (Å²) in [7, 11) is 1.70. The fourth-order valence-corrected chi connectivity index (χ4v) is 5.62. The summed E-state index contributed by atoms with van der Waals surface area (Å²) in [5.41, 5.74) is 3.84. The molecule has 2 heterocycles. The van der Waals surface area contributed by atoms with Crippen LogP contribution in [0.1, 0.15) is 24.0 Å². The summed E-state index contributed by atoms with van der Waals surface area (Å²) in [6.07, 6.45) is 6.21. The smallest absolute Gasteiger partial charge is 0.328 e. The molecule has 246 valence electrons. The first-order valence-corrected chi connectivity index (χ1v) is 15.3. The van der Waals surface area contributed by atoms with Crippen molar-refractivity contribution in [1.29, 1.82) is 0 Å². The largest absolute Gasteiger partial charge is 0.478 e. The van der Waals surface area contributed by atoms with Gasteiger partial charge in [0.2, 0.25) is 5.91 Å². The number of carboxylic acids is 4. The average molecular weight is 674 g/mol. The Balaban J connectivity index is 0.000000381. The first-order chi connectivity index (χ1) is 21.9. The van der Waals surface area contributed by atoms with E-state index in [0.717, 1.165) is 50.7 Å². The third kappa shape index (κ3) is 14.1. The predicted molar refractivity (Wildman–Crippen MR) is 174 cm³/mol. The van der Waals surface area contributed by atoms with Crippen molar-refractivity contribution in [1.82, 2.24) is 15.1 Å². The SMILES string of the molecule is CNC(=O)CCN1CCN(CCC=C2c3ccccc3Sc3ccc(Cl)cc32)CC1.O=C(O)C=CC(=O)O.O=C(O)C=CC(=O)O. The number of amides is 1. The van der Waals surface area contributed by atoms with Gasteiger partial charge in [0, 0.05) is 91.9 Å². The molecule has 0 aromatic heterocycles. The monoisotopic (exact) mass is 673 g/mol. The molecule has 1 saturated heterocycles. The Morgan fingerprint density at radius 1 is 0.761 bits per heavy atom. The number of hydrogen-bond acceptors (Lipinski definition) is 8. The molecule has 2 aliphatic heterocycles. The first kappa shape index (κ1) is 37.8. The van der Waals surface area contributed by atoms with Crippen molar-refractivity contribution in [2.45, 2.75) is 22.6 Å². The number of aliphatic carboxylic acids is 4. The van der Waals surface area contributed by atoms with E-state index in [1.54, 1.807) is 7.05 Å². The van der Waals surface area contributed by atoms with Gasteiger partial charge >= 0.3 is 23.9 Å². The molecule has 2 aromatic rings. The molecule has 2 aromatic carbocycles. The molecule has 1 amide bonds. The molecule has 14 heteroatoms. The predicted octanol–water partition coefficient (Wildman–Crippen LogP) is 3.80. The molecule has 1 fully saturated rings. The summed E-state index contributed by atoms with van der Waals surface area (Å²) < 4.78 is 0. The highest BCUT2D eigenvalue weighted by molar-refractivity contribution is 7.99. The van der Waals surface area contributed by atoms with Gasteiger partial charge in [-0.25, -0.2) is 19.2 Å². The standard InChI is InChI=1S/C24H28ClN3OS.2C4H4O4/c1-26-24(29)10-12-28-15-13-27(14-16-28)11-4-6-19-20-5-2-3-7-22(20)30-23-9-8-18(25)17-21(19)23;2*5-3(6)1-2-4(7)8/h2-3,5-9,17H,4,10-16H2,1H3,(H,26,29);2*1-2H,(H,5,6)(H,7,8). The van der Waals surface area contributed by atoms with E-state index in [0.29, 0.717) is 30.7 Å². The van der Waals surface area contributed by atoms with Crippen molar-refractivity contribution in [2.24, 2.45) is 0 Å². The summed E-state index contributed by atoms with van der Waals surface area (Å²) in [4.78, 5) is 57.1.